The Bertz CT molecular complexity index is 431. The average molecular weight is 309 g/mol. The highest BCUT2D eigenvalue weighted by atomic mass is 79.9. The Morgan fingerprint density at radius 2 is 1.89 bits per heavy atom. The minimum Gasteiger partial charge on any atom is -0.493 e. The van der Waals surface area contributed by atoms with E-state index in [1.807, 2.05) is 0 Å². The van der Waals surface area contributed by atoms with Crippen LogP contribution in [0.5, 0.6) is 5.75 Å². The molecule has 3 unspecified atom stereocenters. The van der Waals surface area contributed by atoms with Gasteiger partial charge in [-0.3, -0.25) is 0 Å². The molecule has 1 aromatic carbocycles. The van der Waals surface area contributed by atoms with E-state index >= 15 is 0 Å². The molecule has 98 valence electrons. The Morgan fingerprint density at radius 3 is 2.44 bits per heavy atom. The molecule has 1 aromatic rings. The van der Waals surface area contributed by atoms with E-state index in [9.17, 15) is 0 Å². The normalized spacial score (nSPS) is 29.8. The van der Waals surface area contributed by atoms with Crippen LogP contribution in [0.2, 0.25) is 0 Å². The fraction of sp³-hybridized carbons (Fsp3) is 0.625. The molecule has 0 saturated heterocycles. The first-order chi connectivity index (χ1) is 8.63. The standard InChI is InChI=1S/C16H21BrO/c1-10-5-15(6-11(2)16(10)17)18-9-14-8-12-3-4-13(14)7-12/h5-6,12-14H,3-4,7-9H2,1-2H3. The van der Waals surface area contributed by atoms with Crippen molar-refractivity contribution >= 4 is 15.9 Å². The number of ether oxygens (including phenoxy) is 1. The molecule has 18 heavy (non-hydrogen) atoms. The first kappa shape index (κ1) is 12.5. The average Bonchev–Trinajstić information content (AvgIpc) is 2.95. The van der Waals surface area contributed by atoms with Crippen molar-refractivity contribution in [2.24, 2.45) is 17.8 Å². The maximum absolute atomic E-state index is 6.04. The molecule has 3 atom stereocenters. The van der Waals surface area contributed by atoms with Gasteiger partial charge in [-0.25, -0.2) is 0 Å². The summed E-state index contributed by atoms with van der Waals surface area (Å²) in [5.41, 5.74) is 2.52. The number of hydrogen-bond acceptors (Lipinski definition) is 1. The van der Waals surface area contributed by atoms with Crippen molar-refractivity contribution < 1.29 is 4.74 Å². The third kappa shape index (κ3) is 2.32. The molecule has 0 N–H and O–H groups in total. The van der Waals surface area contributed by atoms with Gasteiger partial charge in [0, 0.05) is 4.47 Å². The number of aryl methyl sites for hydroxylation is 2. The van der Waals surface area contributed by atoms with Crippen LogP contribution in [0.15, 0.2) is 16.6 Å². The van der Waals surface area contributed by atoms with Gasteiger partial charge in [0.2, 0.25) is 0 Å². The number of benzene rings is 1. The zero-order valence-corrected chi connectivity index (χ0v) is 12.8. The van der Waals surface area contributed by atoms with Crippen LogP contribution in [-0.2, 0) is 0 Å². The molecule has 2 bridgehead atoms. The molecule has 0 heterocycles. The Kier molecular flexibility index (Phi) is 3.40. The number of rotatable bonds is 3. The highest BCUT2D eigenvalue weighted by molar-refractivity contribution is 9.10. The van der Waals surface area contributed by atoms with Crippen LogP contribution in [-0.4, -0.2) is 6.61 Å². The third-order valence-corrected chi connectivity index (χ3v) is 6.01. The van der Waals surface area contributed by atoms with Gasteiger partial charge in [-0.15, -0.1) is 0 Å². The molecule has 0 aliphatic heterocycles. The summed E-state index contributed by atoms with van der Waals surface area (Å²) in [5, 5.41) is 0. The van der Waals surface area contributed by atoms with Crippen molar-refractivity contribution in [3.8, 4) is 5.75 Å². The summed E-state index contributed by atoms with van der Waals surface area (Å²) in [5.74, 6) is 3.81. The maximum Gasteiger partial charge on any atom is 0.119 e. The van der Waals surface area contributed by atoms with Crippen LogP contribution in [0.25, 0.3) is 0 Å². The Balaban J connectivity index is 1.63. The van der Waals surface area contributed by atoms with Gasteiger partial charge in [0.1, 0.15) is 5.75 Å². The summed E-state index contributed by atoms with van der Waals surface area (Å²) in [4.78, 5) is 0. The van der Waals surface area contributed by atoms with Crippen molar-refractivity contribution in [3.63, 3.8) is 0 Å². The Hall–Kier alpha value is -0.500. The van der Waals surface area contributed by atoms with E-state index in [1.54, 1.807) is 0 Å². The van der Waals surface area contributed by atoms with Crippen LogP contribution in [0.1, 0.15) is 36.8 Å². The van der Waals surface area contributed by atoms with Gasteiger partial charge in [0.05, 0.1) is 6.61 Å². The van der Waals surface area contributed by atoms with E-state index < -0.39 is 0 Å². The van der Waals surface area contributed by atoms with Crippen molar-refractivity contribution in [2.45, 2.75) is 39.5 Å². The van der Waals surface area contributed by atoms with Crippen molar-refractivity contribution in [3.05, 3.63) is 27.7 Å². The minimum atomic E-state index is 0.813. The van der Waals surface area contributed by atoms with Gasteiger partial charge >= 0.3 is 0 Å². The third-order valence-electron chi connectivity index (χ3n) is 4.76. The van der Waals surface area contributed by atoms with Crippen molar-refractivity contribution in [1.82, 2.24) is 0 Å². The zero-order valence-electron chi connectivity index (χ0n) is 11.2. The van der Waals surface area contributed by atoms with Crippen LogP contribution >= 0.6 is 15.9 Å². The molecule has 0 radical (unpaired) electrons. The SMILES string of the molecule is Cc1cc(OCC2CC3CCC2C3)cc(C)c1Br. The number of hydrogen-bond donors (Lipinski definition) is 0. The molecule has 2 aliphatic carbocycles. The van der Waals surface area contributed by atoms with Crippen LogP contribution < -0.4 is 4.74 Å². The van der Waals surface area contributed by atoms with E-state index in [-0.39, 0.29) is 0 Å². The predicted molar refractivity (Wildman–Crippen MR) is 78.0 cm³/mol. The molecule has 0 aromatic heterocycles. The Morgan fingerprint density at radius 1 is 1.17 bits per heavy atom. The fourth-order valence-electron chi connectivity index (χ4n) is 3.77. The van der Waals surface area contributed by atoms with E-state index in [2.05, 4.69) is 41.9 Å². The van der Waals surface area contributed by atoms with Crippen LogP contribution in [0, 0.1) is 31.6 Å². The molecule has 3 rings (SSSR count). The zero-order chi connectivity index (χ0) is 12.7. The molecule has 0 spiro atoms. The molecule has 2 fully saturated rings. The van der Waals surface area contributed by atoms with Gasteiger partial charge in [0.15, 0.2) is 0 Å². The molecule has 2 aliphatic rings. The summed E-state index contributed by atoms with van der Waals surface area (Å²) in [6.07, 6.45) is 5.78. The first-order valence-corrected chi connectivity index (χ1v) is 7.82. The van der Waals surface area contributed by atoms with Gasteiger partial charge < -0.3 is 4.74 Å². The number of halogens is 1. The van der Waals surface area contributed by atoms with Gasteiger partial charge in [-0.05, 0) is 74.1 Å². The maximum atomic E-state index is 6.04. The lowest BCUT2D eigenvalue weighted by Crippen LogP contribution is -2.18. The lowest BCUT2D eigenvalue weighted by atomic mass is 9.89. The topological polar surface area (TPSA) is 9.23 Å². The second kappa shape index (κ2) is 4.88. The highest BCUT2D eigenvalue weighted by Crippen LogP contribution is 2.48. The number of fused-ring (bicyclic) bond motifs is 2. The molecule has 2 saturated carbocycles. The first-order valence-electron chi connectivity index (χ1n) is 7.03. The molecule has 0 amide bonds. The highest BCUT2D eigenvalue weighted by Gasteiger charge is 2.39. The van der Waals surface area contributed by atoms with Gasteiger partial charge in [0.25, 0.3) is 0 Å². The summed E-state index contributed by atoms with van der Waals surface area (Å²) >= 11 is 3.60. The molecule has 2 heteroatoms. The summed E-state index contributed by atoms with van der Waals surface area (Å²) in [7, 11) is 0. The summed E-state index contributed by atoms with van der Waals surface area (Å²) in [6, 6.07) is 4.29. The van der Waals surface area contributed by atoms with E-state index in [4.69, 9.17) is 4.74 Å². The largest absolute Gasteiger partial charge is 0.493 e. The Labute approximate surface area is 118 Å². The van der Waals surface area contributed by atoms with E-state index in [0.717, 1.165) is 30.1 Å². The monoisotopic (exact) mass is 308 g/mol. The van der Waals surface area contributed by atoms with Gasteiger partial charge in [-0.2, -0.15) is 0 Å². The summed E-state index contributed by atoms with van der Waals surface area (Å²) < 4.78 is 7.24. The smallest absolute Gasteiger partial charge is 0.119 e. The second-order valence-corrected chi connectivity index (χ2v) is 6.91. The predicted octanol–water partition coefficient (Wildman–Crippen LogP) is 4.88. The van der Waals surface area contributed by atoms with Crippen molar-refractivity contribution in [1.29, 1.82) is 0 Å². The fourth-order valence-corrected chi connectivity index (χ4v) is 4.00. The molecular formula is C16H21BrO. The minimum absolute atomic E-state index is 0.813. The molecular weight excluding hydrogens is 288 g/mol. The lowest BCUT2D eigenvalue weighted by molar-refractivity contribution is 0.195. The van der Waals surface area contributed by atoms with E-state index in [1.165, 1.54) is 41.3 Å². The van der Waals surface area contributed by atoms with E-state index in [0.29, 0.717) is 0 Å². The quantitative estimate of drug-likeness (QED) is 0.773. The summed E-state index contributed by atoms with van der Waals surface area (Å²) in [6.45, 7) is 5.17. The second-order valence-electron chi connectivity index (χ2n) is 6.12. The van der Waals surface area contributed by atoms with Crippen molar-refractivity contribution in [2.75, 3.05) is 6.61 Å². The molecule has 1 nitrogen and oxygen atoms in total. The van der Waals surface area contributed by atoms with Gasteiger partial charge in [-0.1, -0.05) is 22.4 Å². The van der Waals surface area contributed by atoms with Crippen LogP contribution in [0.4, 0.5) is 0 Å². The van der Waals surface area contributed by atoms with Crippen LogP contribution in [0.3, 0.4) is 0 Å². The lowest BCUT2D eigenvalue weighted by Gasteiger charge is -2.22.